The molecule has 1 fully saturated rings. The van der Waals surface area contributed by atoms with Crippen LogP contribution in [0.1, 0.15) is 43.2 Å². The Morgan fingerprint density at radius 2 is 2.29 bits per heavy atom. The number of hydrogen-bond acceptors (Lipinski definition) is 6. The summed E-state index contributed by atoms with van der Waals surface area (Å²) in [5.74, 6) is 1.70. The van der Waals surface area contributed by atoms with E-state index in [0.717, 1.165) is 43.1 Å². The minimum atomic E-state index is 0.0534. The summed E-state index contributed by atoms with van der Waals surface area (Å²) in [5, 5.41) is 7.11. The van der Waals surface area contributed by atoms with Crippen molar-refractivity contribution in [2.75, 3.05) is 18.9 Å². The fourth-order valence-electron chi connectivity index (χ4n) is 3.15. The molecule has 3 heterocycles. The number of nitrogens with zero attached hydrogens (tertiary/aromatic N) is 6. The second-order valence-electron chi connectivity index (χ2n) is 5.98. The van der Waals surface area contributed by atoms with E-state index in [1.807, 2.05) is 24.9 Å². The molecular weight excluding hydrogens is 306 g/mol. The van der Waals surface area contributed by atoms with Crippen LogP contribution < -0.4 is 5.32 Å². The molecule has 0 radical (unpaired) electrons. The van der Waals surface area contributed by atoms with Crippen molar-refractivity contribution in [3.63, 3.8) is 0 Å². The average Bonchev–Trinajstić information content (AvgIpc) is 3.25. The minimum Gasteiger partial charge on any atom is -0.373 e. The van der Waals surface area contributed by atoms with Crippen molar-refractivity contribution in [3.05, 3.63) is 30.2 Å². The van der Waals surface area contributed by atoms with Gasteiger partial charge in [-0.15, -0.1) is 0 Å². The monoisotopic (exact) mass is 329 g/mol. The molecule has 1 atom stereocenters. The summed E-state index contributed by atoms with van der Waals surface area (Å²) in [5.41, 5.74) is 0.925. The predicted molar refractivity (Wildman–Crippen MR) is 89.3 cm³/mol. The number of aromatic nitrogens is 5. The molecule has 2 aromatic rings. The Balaban J connectivity index is 1.64. The molecule has 0 spiro atoms. The van der Waals surface area contributed by atoms with Gasteiger partial charge in [0, 0.05) is 32.6 Å². The Bertz CT molecular complexity index is 686. The number of carbonyl (C=O) groups is 1. The zero-order valence-corrected chi connectivity index (χ0v) is 14.1. The van der Waals surface area contributed by atoms with Crippen molar-refractivity contribution < 1.29 is 4.79 Å². The SMILES string of the molecule is CNc1cc(C2CCCN2C(=O)CCCn2cncn2)nc(C)n1. The first-order chi connectivity index (χ1) is 11.7. The minimum absolute atomic E-state index is 0.0534. The number of amides is 1. The van der Waals surface area contributed by atoms with Gasteiger partial charge in [0.25, 0.3) is 0 Å². The summed E-state index contributed by atoms with van der Waals surface area (Å²) in [4.78, 5) is 27.4. The second-order valence-corrected chi connectivity index (χ2v) is 5.98. The molecular formula is C16H23N7O. The van der Waals surface area contributed by atoms with Crippen molar-refractivity contribution in [1.82, 2.24) is 29.6 Å². The number of rotatable bonds is 6. The molecule has 1 N–H and O–H groups in total. The largest absolute Gasteiger partial charge is 0.373 e. The molecule has 8 nitrogen and oxygen atoms in total. The number of anilines is 1. The Kier molecular flexibility index (Phi) is 5.02. The highest BCUT2D eigenvalue weighted by molar-refractivity contribution is 5.77. The molecule has 2 aromatic heterocycles. The van der Waals surface area contributed by atoms with Crippen molar-refractivity contribution in [1.29, 1.82) is 0 Å². The first-order valence-electron chi connectivity index (χ1n) is 8.32. The third-order valence-electron chi connectivity index (χ3n) is 4.27. The molecule has 1 amide bonds. The third-order valence-corrected chi connectivity index (χ3v) is 4.27. The fourth-order valence-corrected chi connectivity index (χ4v) is 3.15. The van der Waals surface area contributed by atoms with E-state index in [1.165, 1.54) is 6.33 Å². The Hall–Kier alpha value is -2.51. The van der Waals surface area contributed by atoms with Crippen LogP contribution in [0.5, 0.6) is 0 Å². The van der Waals surface area contributed by atoms with Gasteiger partial charge in [-0.25, -0.2) is 15.0 Å². The number of aryl methyl sites for hydroxylation is 2. The van der Waals surface area contributed by atoms with Gasteiger partial charge < -0.3 is 10.2 Å². The van der Waals surface area contributed by atoms with Crippen LogP contribution >= 0.6 is 0 Å². The van der Waals surface area contributed by atoms with Crippen molar-refractivity contribution in [2.24, 2.45) is 0 Å². The predicted octanol–water partition coefficient (Wildman–Crippen LogP) is 1.56. The second kappa shape index (κ2) is 7.37. The topological polar surface area (TPSA) is 88.8 Å². The van der Waals surface area contributed by atoms with E-state index in [2.05, 4.69) is 25.4 Å². The highest BCUT2D eigenvalue weighted by Gasteiger charge is 2.31. The van der Waals surface area contributed by atoms with Crippen molar-refractivity contribution in [3.8, 4) is 0 Å². The van der Waals surface area contributed by atoms with Gasteiger partial charge >= 0.3 is 0 Å². The highest BCUT2D eigenvalue weighted by atomic mass is 16.2. The summed E-state index contributed by atoms with van der Waals surface area (Å²) in [7, 11) is 1.84. The summed E-state index contributed by atoms with van der Waals surface area (Å²) < 4.78 is 1.75. The normalized spacial score (nSPS) is 17.2. The maximum atomic E-state index is 12.6. The lowest BCUT2D eigenvalue weighted by molar-refractivity contribution is -0.132. The zero-order valence-electron chi connectivity index (χ0n) is 14.1. The van der Waals surface area contributed by atoms with Gasteiger partial charge in [0.1, 0.15) is 24.3 Å². The van der Waals surface area contributed by atoms with Gasteiger partial charge in [-0.2, -0.15) is 5.10 Å². The molecule has 24 heavy (non-hydrogen) atoms. The van der Waals surface area contributed by atoms with E-state index >= 15 is 0 Å². The fraction of sp³-hybridized carbons (Fsp3) is 0.562. The Labute approximate surface area is 141 Å². The lowest BCUT2D eigenvalue weighted by atomic mass is 10.1. The van der Waals surface area contributed by atoms with Crippen LogP contribution in [0.3, 0.4) is 0 Å². The molecule has 1 unspecified atom stereocenters. The molecule has 3 rings (SSSR count). The maximum absolute atomic E-state index is 12.6. The standard InChI is InChI=1S/C16H23N7O/c1-12-20-13(9-15(17-2)21-12)14-5-3-8-23(14)16(24)6-4-7-22-11-18-10-19-22/h9-11,14H,3-8H2,1-2H3,(H,17,20,21). The van der Waals surface area contributed by atoms with Gasteiger partial charge in [-0.05, 0) is 26.2 Å². The summed E-state index contributed by atoms with van der Waals surface area (Å²) in [6.45, 7) is 3.38. The lowest BCUT2D eigenvalue weighted by Gasteiger charge is -2.25. The van der Waals surface area contributed by atoms with E-state index < -0.39 is 0 Å². The van der Waals surface area contributed by atoms with Gasteiger partial charge in [0.15, 0.2) is 0 Å². The summed E-state index contributed by atoms with van der Waals surface area (Å²) in [6, 6.07) is 2.00. The van der Waals surface area contributed by atoms with Crippen LogP contribution in [0, 0.1) is 6.92 Å². The van der Waals surface area contributed by atoms with Crippen LogP contribution in [-0.2, 0) is 11.3 Å². The third kappa shape index (κ3) is 3.69. The molecule has 0 aromatic carbocycles. The van der Waals surface area contributed by atoms with Crippen LogP contribution in [0.4, 0.5) is 5.82 Å². The van der Waals surface area contributed by atoms with Crippen LogP contribution in [-0.4, -0.2) is 49.1 Å². The lowest BCUT2D eigenvalue weighted by Crippen LogP contribution is -2.31. The van der Waals surface area contributed by atoms with Crippen LogP contribution in [0.15, 0.2) is 18.7 Å². The van der Waals surface area contributed by atoms with Crippen molar-refractivity contribution >= 4 is 11.7 Å². The van der Waals surface area contributed by atoms with E-state index in [4.69, 9.17) is 0 Å². The first-order valence-corrected chi connectivity index (χ1v) is 8.32. The van der Waals surface area contributed by atoms with E-state index in [-0.39, 0.29) is 11.9 Å². The number of likely N-dealkylation sites (tertiary alicyclic amines) is 1. The molecule has 8 heteroatoms. The van der Waals surface area contributed by atoms with Gasteiger partial charge in [-0.3, -0.25) is 9.48 Å². The molecule has 1 aliphatic heterocycles. The molecule has 1 aliphatic rings. The smallest absolute Gasteiger partial charge is 0.223 e. The molecule has 0 aliphatic carbocycles. The van der Waals surface area contributed by atoms with E-state index in [1.54, 1.807) is 11.0 Å². The van der Waals surface area contributed by atoms with Gasteiger partial charge in [0.05, 0.1) is 11.7 Å². The van der Waals surface area contributed by atoms with E-state index in [9.17, 15) is 4.79 Å². The summed E-state index contributed by atoms with van der Waals surface area (Å²) in [6.07, 6.45) is 6.42. The van der Waals surface area contributed by atoms with Gasteiger partial charge in [-0.1, -0.05) is 0 Å². The number of hydrogen-bond donors (Lipinski definition) is 1. The molecule has 0 saturated carbocycles. The van der Waals surface area contributed by atoms with Crippen LogP contribution in [0.25, 0.3) is 0 Å². The van der Waals surface area contributed by atoms with Crippen LogP contribution in [0.2, 0.25) is 0 Å². The van der Waals surface area contributed by atoms with Crippen molar-refractivity contribution in [2.45, 2.75) is 45.2 Å². The Morgan fingerprint density at radius 3 is 3.04 bits per heavy atom. The van der Waals surface area contributed by atoms with E-state index in [0.29, 0.717) is 13.0 Å². The Morgan fingerprint density at radius 1 is 1.42 bits per heavy atom. The zero-order chi connectivity index (χ0) is 16.9. The average molecular weight is 329 g/mol. The number of carbonyl (C=O) groups excluding carboxylic acids is 1. The first kappa shape index (κ1) is 16.4. The maximum Gasteiger partial charge on any atom is 0.223 e. The molecule has 0 bridgehead atoms. The summed E-state index contributed by atoms with van der Waals surface area (Å²) >= 11 is 0. The van der Waals surface area contributed by atoms with Gasteiger partial charge in [0.2, 0.25) is 5.91 Å². The molecule has 1 saturated heterocycles. The number of nitrogens with one attached hydrogen (secondary N) is 1. The highest BCUT2D eigenvalue weighted by Crippen LogP contribution is 2.32. The quantitative estimate of drug-likeness (QED) is 0.865. The molecule has 128 valence electrons.